The van der Waals surface area contributed by atoms with Crippen LogP contribution in [0, 0.1) is 0 Å². The van der Waals surface area contributed by atoms with Gasteiger partial charge in [0.2, 0.25) is 17.7 Å². The molecule has 1 aromatic heterocycles. The van der Waals surface area contributed by atoms with Crippen LogP contribution in [0.3, 0.4) is 0 Å². The van der Waals surface area contributed by atoms with E-state index >= 15 is 0 Å². The average Bonchev–Trinajstić information content (AvgIpc) is 3.52. The van der Waals surface area contributed by atoms with Gasteiger partial charge < -0.3 is 35.4 Å². The van der Waals surface area contributed by atoms with Crippen molar-refractivity contribution in [1.29, 1.82) is 0 Å². The van der Waals surface area contributed by atoms with Crippen LogP contribution >= 0.6 is 23.1 Å². The molecule has 4 saturated heterocycles. The van der Waals surface area contributed by atoms with Gasteiger partial charge in [-0.05, 0) is 42.3 Å². The van der Waals surface area contributed by atoms with E-state index < -0.39 is 70.1 Å². The number of ether oxygens (including phenoxy) is 1. The number of thiophene rings is 1. The molecule has 0 unspecified atom stereocenters. The lowest BCUT2D eigenvalue weighted by Gasteiger charge is -2.43. The van der Waals surface area contributed by atoms with Gasteiger partial charge in [-0.2, -0.15) is 11.3 Å². The molecule has 6 atom stereocenters. The lowest BCUT2D eigenvalue weighted by atomic mass is 9.95. The zero-order valence-corrected chi connectivity index (χ0v) is 22.2. The number of hydrogen-bond acceptors (Lipinski definition) is 10. The first-order chi connectivity index (χ1) is 18.3. The van der Waals surface area contributed by atoms with Gasteiger partial charge in [0.15, 0.2) is 18.2 Å². The molecule has 0 radical (unpaired) electrons. The Labute approximate surface area is 229 Å². The highest BCUT2D eigenvalue weighted by atomic mass is 32.2. The van der Waals surface area contributed by atoms with Crippen LogP contribution in [0.1, 0.15) is 31.7 Å². The van der Waals surface area contributed by atoms with E-state index in [2.05, 4.69) is 5.32 Å². The monoisotopic (exact) mass is 583 g/mol. The van der Waals surface area contributed by atoms with Gasteiger partial charge in [0.25, 0.3) is 0 Å². The number of carbonyl (C=O) groups excluding carboxylic acids is 3. The van der Waals surface area contributed by atoms with Crippen molar-refractivity contribution in [2.75, 3.05) is 6.61 Å². The Balaban J connectivity index is 0.000000212. The number of nitrogens with one attached hydrogen (secondary N) is 1. The van der Waals surface area contributed by atoms with E-state index in [1.807, 2.05) is 0 Å². The van der Waals surface area contributed by atoms with Crippen LogP contribution in [0.15, 0.2) is 28.7 Å². The van der Waals surface area contributed by atoms with Crippen molar-refractivity contribution < 1.29 is 53.9 Å². The molecule has 4 fully saturated rings. The Morgan fingerprint density at radius 2 is 1.87 bits per heavy atom. The van der Waals surface area contributed by atoms with E-state index in [0.717, 1.165) is 0 Å². The molecule has 210 valence electrons. The van der Waals surface area contributed by atoms with Crippen LogP contribution in [-0.2, 0) is 33.5 Å². The maximum absolute atomic E-state index is 12.4. The first-order valence-electron chi connectivity index (χ1n) is 11.6. The molecule has 3 amide bonds. The third kappa shape index (κ3) is 4.94. The second-order valence-electron chi connectivity index (χ2n) is 9.52. The molecule has 0 aliphatic carbocycles. The summed E-state index contributed by atoms with van der Waals surface area (Å²) in [5.41, 5.74) is 0.349. The molecule has 5 N–H and O–H groups in total. The zero-order chi connectivity index (χ0) is 28.8. The predicted octanol–water partition coefficient (Wildman–Crippen LogP) is -0.548. The first kappa shape index (κ1) is 28.4. The number of aliphatic hydroxyl groups is 1. The van der Waals surface area contributed by atoms with E-state index in [0.29, 0.717) is 5.56 Å². The number of nitrogens with zero attached hydrogens (tertiary/aromatic N) is 2. The zero-order valence-electron chi connectivity index (χ0n) is 20.5. The average molecular weight is 584 g/mol. The highest BCUT2D eigenvalue weighted by molar-refractivity contribution is 8.01. The smallest absolute Gasteiger partial charge is 0.334 e. The van der Waals surface area contributed by atoms with Gasteiger partial charge in [-0.1, -0.05) is 0 Å². The summed E-state index contributed by atoms with van der Waals surface area (Å²) in [6, 6.07) is -1.41. The molecule has 4 aliphatic heterocycles. The summed E-state index contributed by atoms with van der Waals surface area (Å²) in [4.78, 5) is 72.0. The molecule has 39 heavy (non-hydrogen) atoms. The first-order valence-corrected chi connectivity index (χ1v) is 13.4. The van der Waals surface area contributed by atoms with Crippen molar-refractivity contribution in [3.63, 3.8) is 0 Å². The van der Waals surface area contributed by atoms with Crippen LogP contribution in [0.25, 0.3) is 0 Å². The van der Waals surface area contributed by atoms with Gasteiger partial charge in [-0.3, -0.25) is 24.1 Å². The number of hydrogen-bond donors (Lipinski definition) is 5. The van der Waals surface area contributed by atoms with E-state index in [-0.39, 0.29) is 24.7 Å². The fraction of sp³-hybridized carbons (Fsp3) is 0.478. The third-order valence-electron chi connectivity index (χ3n) is 6.65. The number of amides is 3. The van der Waals surface area contributed by atoms with Crippen LogP contribution in [0.4, 0.5) is 0 Å². The molecule has 14 nitrogen and oxygen atoms in total. The van der Waals surface area contributed by atoms with Gasteiger partial charge in [-0.25, -0.2) is 9.59 Å². The van der Waals surface area contributed by atoms with Crippen LogP contribution < -0.4 is 5.32 Å². The number of fused-ring (bicyclic) bond motifs is 2. The van der Waals surface area contributed by atoms with Crippen molar-refractivity contribution in [1.82, 2.24) is 15.1 Å². The third-order valence-corrected chi connectivity index (χ3v) is 8.93. The molecular formula is C23H25N3O11S2. The van der Waals surface area contributed by atoms with E-state index in [1.165, 1.54) is 39.0 Å². The van der Waals surface area contributed by atoms with Gasteiger partial charge in [0, 0.05) is 4.75 Å². The van der Waals surface area contributed by atoms with Crippen LogP contribution in [-0.4, -0.2) is 107 Å². The molecule has 0 bridgehead atoms. The Morgan fingerprint density at radius 1 is 1.18 bits per heavy atom. The lowest BCUT2D eigenvalue weighted by molar-refractivity contribution is -0.163. The second kappa shape index (κ2) is 10.5. The van der Waals surface area contributed by atoms with Crippen molar-refractivity contribution in [3.8, 4) is 0 Å². The van der Waals surface area contributed by atoms with E-state index in [1.54, 1.807) is 30.7 Å². The second-order valence-corrected chi connectivity index (χ2v) is 12.1. The molecule has 0 spiro atoms. The predicted molar refractivity (Wildman–Crippen MR) is 133 cm³/mol. The molecule has 0 saturated carbocycles. The molecule has 0 aromatic carbocycles. The SMILES string of the molecule is CC1(C)S[C@@H]2[C@H](NC(=O)[C@@H](C(=O)O)c3ccsc3)C(=O)N2[C@H]1C(=O)O.O=C(O)[C@H]1/C(=C/CO)O[C@@H]2CC(=O)N21. The van der Waals surface area contributed by atoms with Gasteiger partial charge in [-0.15, -0.1) is 11.8 Å². The minimum Gasteiger partial charge on any atom is -0.480 e. The quantitative estimate of drug-likeness (QED) is 0.202. The Morgan fingerprint density at radius 3 is 2.38 bits per heavy atom. The molecule has 4 aliphatic rings. The van der Waals surface area contributed by atoms with Crippen LogP contribution in [0.2, 0.25) is 0 Å². The largest absolute Gasteiger partial charge is 0.480 e. The standard InChI is InChI=1S/C15H16N2O6S2.C8H9NO5/c1-15(2)9(14(22)23)17-11(19)8(12(17)25-15)16-10(18)7(13(20)21)6-3-4-24-5-6;10-2-1-4-7(8(12)13)9-5(11)3-6(9)14-4/h3-5,7-9,12H,1-2H3,(H,16,18)(H,20,21)(H,22,23);1,6-7,10H,2-3H2,(H,12,13)/b;4-1-/t7-,8+,9-,12+;6-,7-/m01/s1. The van der Waals surface area contributed by atoms with Crippen molar-refractivity contribution in [2.45, 2.75) is 60.7 Å². The summed E-state index contributed by atoms with van der Waals surface area (Å²) in [6.07, 6.45) is 1.03. The highest BCUT2D eigenvalue weighted by Crippen LogP contribution is 2.50. The van der Waals surface area contributed by atoms with Gasteiger partial charge >= 0.3 is 17.9 Å². The summed E-state index contributed by atoms with van der Waals surface area (Å²) < 4.78 is 4.47. The van der Waals surface area contributed by atoms with Gasteiger partial charge in [0.05, 0.1) is 13.0 Å². The molecule has 16 heteroatoms. The van der Waals surface area contributed by atoms with Crippen molar-refractivity contribution >= 4 is 58.7 Å². The Kier molecular flexibility index (Phi) is 7.64. The van der Waals surface area contributed by atoms with E-state index in [4.69, 9.17) is 14.9 Å². The minimum atomic E-state index is -1.40. The van der Waals surface area contributed by atoms with Crippen LogP contribution in [0.5, 0.6) is 0 Å². The van der Waals surface area contributed by atoms with Crippen molar-refractivity contribution in [2.24, 2.45) is 0 Å². The number of aliphatic carboxylic acids is 3. The van der Waals surface area contributed by atoms with E-state index in [9.17, 15) is 39.0 Å². The summed E-state index contributed by atoms with van der Waals surface area (Å²) in [6.45, 7) is 3.16. The number of β-lactam (4-membered cyclic amide) rings is 2. The normalized spacial score (nSPS) is 29.6. The molecule has 1 aromatic rings. The minimum absolute atomic E-state index is 0.149. The molecular weight excluding hydrogens is 558 g/mol. The lowest BCUT2D eigenvalue weighted by Crippen LogP contribution is -2.71. The number of carbonyl (C=O) groups is 6. The summed E-state index contributed by atoms with van der Waals surface area (Å²) in [5, 5.41) is 41.4. The Bertz CT molecular complexity index is 1250. The summed E-state index contributed by atoms with van der Waals surface area (Å²) >= 11 is 2.56. The highest BCUT2D eigenvalue weighted by Gasteiger charge is 2.64. The fourth-order valence-electron chi connectivity index (χ4n) is 4.89. The topological polar surface area (TPSA) is 211 Å². The number of aliphatic hydroxyl groups excluding tert-OH is 1. The molecule has 5 heterocycles. The molecule has 5 rings (SSSR count). The number of rotatable bonds is 7. The van der Waals surface area contributed by atoms with Gasteiger partial charge in [0.1, 0.15) is 23.2 Å². The number of carboxylic acid groups (broad SMARTS) is 3. The maximum atomic E-state index is 12.4. The Hall–Kier alpha value is -3.63. The summed E-state index contributed by atoms with van der Waals surface area (Å²) in [5.74, 6) is -6.30. The number of carboxylic acids is 3. The van der Waals surface area contributed by atoms with Crippen molar-refractivity contribution in [3.05, 3.63) is 34.2 Å². The maximum Gasteiger partial charge on any atom is 0.334 e. The number of thioether (sulfide) groups is 1. The fourth-order valence-corrected chi connectivity index (χ4v) is 7.20. The summed E-state index contributed by atoms with van der Waals surface area (Å²) in [7, 11) is 0.